The van der Waals surface area contributed by atoms with Crippen molar-refractivity contribution in [3.63, 3.8) is 0 Å². The Morgan fingerprint density at radius 1 is 1.26 bits per heavy atom. The quantitative estimate of drug-likeness (QED) is 0.413. The van der Waals surface area contributed by atoms with Crippen LogP contribution in [-0.2, 0) is 11.3 Å². The second kappa shape index (κ2) is 7.59. The van der Waals surface area contributed by atoms with Crippen LogP contribution in [0.15, 0.2) is 45.6 Å². The zero-order valence-corrected chi connectivity index (χ0v) is 16.4. The van der Waals surface area contributed by atoms with Crippen LogP contribution in [0.5, 0.6) is 0 Å². The standard InChI is InChI=1S/C18H12ClN3O3S2/c1-10-15(27-17(20-10)11-6-7-26-9-11)18(23)24-8-14-21-16(25-22-14)12-4-2-3-5-13(12)19/h2-7,9H,8H2,1H3. The second-order valence-electron chi connectivity index (χ2n) is 5.52. The van der Waals surface area contributed by atoms with Gasteiger partial charge in [-0.25, -0.2) is 9.78 Å². The van der Waals surface area contributed by atoms with Crippen molar-refractivity contribution >= 4 is 40.2 Å². The van der Waals surface area contributed by atoms with Crippen LogP contribution in [0.3, 0.4) is 0 Å². The molecular weight excluding hydrogens is 406 g/mol. The Labute approximate surface area is 167 Å². The Morgan fingerprint density at radius 3 is 2.89 bits per heavy atom. The van der Waals surface area contributed by atoms with Crippen LogP contribution >= 0.6 is 34.3 Å². The van der Waals surface area contributed by atoms with Gasteiger partial charge < -0.3 is 9.26 Å². The molecule has 0 N–H and O–H groups in total. The van der Waals surface area contributed by atoms with Crippen LogP contribution < -0.4 is 0 Å². The summed E-state index contributed by atoms with van der Waals surface area (Å²) in [5.41, 5.74) is 2.26. The highest BCUT2D eigenvalue weighted by Gasteiger charge is 2.19. The van der Waals surface area contributed by atoms with Crippen LogP contribution in [0.25, 0.3) is 22.0 Å². The minimum Gasteiger partial charge on any atom is -0.453 e. The van der Waals surface area contributed by atoms with Crippen molar-refractivity contribution in [3.05, 3.63) is 62.5 Å². The number of aromatic nitrogens is 3. The summed E-state index contributed by atoms with van der Waals surface area (Å²) in [6.07, 6.45) is 0. The smallest absolute Gasteiger partial charge is 0.350 e. The van der Waals surface area contributed by atoms with Crippen molar-refractivity contribution in [1.29, 1.82) is 0 Å². The third-order valence-corrected chi connectivity index (χ3v) is 5.85. The molecule has 136 valence electrons. The molecule has 0 atom stereocenters. The number of rotatable bonds is 5. The monoisotopic (exact) mass is 417 g/mol. The lowest BCUT2D eigenvalue weighted by atomic mass is 10.2. The minimum absolute atomic E-state index is 0.0993. The van der Waals surface area contributed by atoms with Gasteiger partial charge in [0.1, 0.15) is 9.88 Å². The molecule has 0 aliphatic rings. The van der Waals surface area contributed by atoms with Crippen LogP contribution in [0.1, 0.15) is 21.2 Å². The maximum absolute atomic E-state index is 12.4. The van der Waals surface area contributed by atoms with Gasteiger partial charge in [-0.05, 0) is 30.5 Å². The van der Waals surface area contributed by atoms with E-state index in [9.17, 15) is 4.79 Å². The largest absolute Gasteiger partial charge is 0.453 e. The molecule has 0 saturated carbocycles. The van der Waals surface area contributed by atoms with E-state index in [0.29, 0.717) is 21.2 Å². The molecule has 27 heavy (non-hydrogen) atoms. The number of hydrogen-bond donors (Lipinski definition) is 0. The highest BCUT2D eigenvalue weighted by atomic mass is 35.5. The summed E-state index contributed by atoms with van der Waals surface area (Å²) in [7, 11) is 0. The molecule has 0 unspecified atom stereocenters. The van der Waals surface area contributed by atoms with E-state index < -0.39 is 5.97 Å². The summed E-state index contributed by atoms with van der Waals surface area (Å²) in [6.45, 7) is 1.69. The van der Waals surface area contributed by atoms with E-state index in [2.05, 4.69) is 15.1 Å². The molecule has 0 spiro atoms. The Balaban J connectivity index is 1.45. The average molecular weight is 418 g/mol. The van der Waals surface area contributed by atoms with Crippen molar-refractivity contribution < 1.29 is 14.1 Å². The number of carbonyl (C=O) groups is 1. The molecule has 0 fully saturated rings. The number of hydrogen-bond acceptors (Lipinski definition) is 8. The van der Waals surface area contributed by atoms with Gasteiger partial charge in [0.15, 0.2) is 6.61 Å². The van der Waals surface area contributed by atoms with Gasteiger partial charge in [0.25, 0.3) is 5.89 Å². The lowest BCUT2D eigenvalue weighted by molar-refractivity contribution is 0.0464. The average Bonchev–Trinajstić information content (AvgIpc) is 3.40. The molecule has 0 radical (unpaired) electrons. The molecule has 4 aromatic rings. The van der Waals surface area contributed by atoms with E-state index in [-0.39, 0.29) is 18.3 Å². The number of aryl methyl sites for hydroxylation is 1. The molecule has 9 heteroatoms. The lowest BCUT2D eigenvalue weighted by Gasteiger charge is -1.99. The van der Waals surface area contributed by atoms with E-state index in [4.69, 9.17) is 20.9 Å². The zero-order chi connectivity index (χ0) is 18.8. The summed E-state index contributed by atoms with van der Waals surface area (Å²) in [5, 5.41) is 9.09. The van der Waals surface area contributed by atoms with Gasteiger partial charge >= 0.3 is 5.97 Å². The fourth-order valence-electron chi connectivity index (χ4n) is 2.35. The number of esters is 1. The summed E-state index contributed by atoms with van der Waals surface area (Å²) in [4.78, 5) is 21.5. The molecule has 1 aromatic carbocycles. The highest BCUT2D eigenvalue weighted by molar-refractivity contribution is 7.17. The van der Waals surface area contributed by atoms with Gasteiger partial charge in [-0.1, -0.05) is 28.9 Å². The fraction of sp³-hybridized carbons (Fsp3) is 0.111. The molecule has 3 aromatic heterocycles. The van der Waals surface area contributed by atoms with E-state index in [0.717, 1.165) is 10.6 Å². The van der Waals surface area contributed by atoms with Crippen molar-refractivity contribution in [2.75, 3.05) is 0 Å². The first-order valence-corrected chi connectivity index (χ1v) is 10.00. The molecule has 0 bridgehead atoms. The number of carbonyl (C=O) groups excluding carboxylic acids is 1. The molecule has 4 rings (SSSR count). The fourth-order valence-corrected chi connectivity index (χ4v) is 4.24. The normalized spacial score (nSPS) is 10.9. The molecule has 0 aliphatic carbocycles. The maximum Gasteiger partial charge on any atom is 0.350 e. The SMILES string of the molecule is Cc1nc(-c2ccsc2)sc1C(=O)OCc1noc(-c2ccccc2Cl)n1. The third-order valence-electron chi connectivity index (χ3n) is 3.65. The van der Waals surface area contributed by atoms with Crippen LogP contribution in [0.4, 0.5) is 0 Å². The highest BCUT2D eigenvalue weighted by Crippen LogP contribution is 2.30. The molecule has 3 heterocycles. The molecule has 0 saturated heterocycles. The number of halogens is 1. The Kier molecular flexibility index (Phi) is 5.02. The number of nitrogens with zero attached hydrogens (tertiary/aromatic N) is 3. The number of benzene rings is 1. The predicted octanol–water partition coefficient (Wildman–Crippen LogP) is 5.24. The van der Waals surface area contributed by atoms with E-state index in [1.807, 2.05) is 29.0 Å². The van der Waals surface area contributed by atoms with E-state index >= 15 is 0 Å². The summed E-state index contributed by atoms with van der Waals surface area (Å²) < 4.78 is 10.5. The van der Waals surface area contributed by atoms with Crippen molar-refractivity contribution in [2.45, 2.75) is 13.5 Å². The van der Waals surface area contributed by atoms with Crippen LogP contribution in [-0.4, -0.2) is 21.1 Å². The molecule has 0 amide bonds. The number of ether oxygens (including phenoxy) is 1. The number of thiophene rings is 1. The summed E-state index contributed by atoms with van der Waals surface area (Å²) >= 11 is 9.00. The maximum atomic E-state index is 12.4. The second-order valence-corrected chi connectivity index (χ2v) is 7.70. The van der Waals surface area contributed by atoms with Crippen molar-refractivity contribution in [1.82, 2.24) is 15.1 Å². The van der Waals surface area contributed by atoms with Crippen LogP contribution in [0.2, 0.25) is 5.02 Å². The van der Waals surface area contributed by atoms with Crippen molar-refractivity contribution in [3.8, 4) is 22.0 Å². The summed E-state index contributed by atoms with van der Waals surface area (Å²) in [5.74, 6) is 0.0782. The zero-order valence-electron chi connectivity index (χ0n) is 14.0. The lowest BCUT2D eigenvalue weighted by Crippen LogP contribution is -2.05. The Morgan fingerprint density at radius 2 is 2.11 bits per heavy atom. The van der Waals surface area contributed by atoms with Gasteiger partial charge in [-0.3, -0.25) is 0 Å². The first-order valence-electron chi connectivity index (χ1n) is 7.86. The summed E-state index contributed by atoms with van der Waals surface area (Å²) in [6, 6.07) is 9.11. The van der Waals surface area contributed by atoms with E-state index in [1.54, 1.807) is 30.4 Å². The van der Waals surface area contributed by atoms with E-state index in [1.165, 1.54) is 11.3 Å². The Hall–Kier alpha value is -2.55. The molecular formula is C18H12ClN3O3S2. The van der Waals surface area contributed by atoms with Gasteiger partial charge in [0, 0.05) is 10.9 Å². The first kappa shape index (κ1) is 17.8. The van der Waals surface area contributed by atoms with Gasteiger partial charge in [-0.2, -0.15) is 16.3 Å². The minimum atomic E-state index is -0.462. The predicted molar refractivity (Wildman–Crippen MR) is 104 cm³/mol. The Bertz CT molecular complexity index is 1090. The number of thiazole rings is 1. The van der Waals surface area contributed by atoms with Crippen LogP contribution in [0, 0.1) is 6.92 Å². The molecule has 6 nitrogen and oxygen atoms in total. The third kappa shape index (κ3) is 3.78. The van der Waals surface area contributed by atoms with Gasteiger partial charge in [0.2, 0.25) is 5.82 Å². The van der Waals surface area contributed by atoms with Gasteiger partial charge in [-0.15, -0.1) is 11.3 Å². The van der Waals surface area contributed by atoms with Gasteiger partial charge in [0.05, 0.1) is 16.3 Å². The molecule has 0 aliphatic heterocycles. The first-order chi connectivity index (χ1) is 13.1. The van der Waals surface area contributed by atoms with Crippen molar-refractivity contribution in [2.24, 2.45) is 0 Å². The topological polar surface area (TPSA) is 78.1 Å².